The number of nitrogens with two attached hydrogens (primary N) is 1. The molecule has 0 aliphatic carbocycles. The highest BCUT2D eigenvalue weighted by Crippen LogP contribution is 2.27. The largest absolute Gasteiger partial charge is 0.489 e. The summed E-state index contributed by atoms with van der Waals surface area (Å²) in [5.41, 5.74) is 6.30. The van der Waals surface area contributed by atoms with E-state index in [0.29, 0.717) is 6.61 Å². The quantitative estimate of drug-likeness (QED) is 0.571. The lowest BCUT2D eigenvalue weighted by molar-refractivity contribution is 0.304. The normalized spacial score (nSPS) is 10.8. The van der Waals surface area contributed by atoms with E-state index in [0.717, 1.165) is 39.5 Å². The van der Waals surface area contributed by atoms with Crippen molar-refractivity contribution < 1.29 is 4.74 Å². The Morgan fingerprint density at radius 3 is 2.52 bits per heavy atom. The van der Waals surface area contributed by atoms with Crippen molar-refractivity contribution >= 4 is 5.69 Å². The van der Waals surface area contributed by atoms with Gasteiger partial charge in [0.15, 0.2) is 0 Å². The molecular formula is C20H24N4O. The molecule has 0 radical (unpaired) electrons. The molecule has 0 atom stereocenters. The fraction of sp³-hybridized carbons (Fsp3) is 0.250. The van der Waals surface area contributed by atoms with Gasteiger partial charge < -0.3 is 9.75 Å². The summed E-state index contributed by atoms with van der Waals surface area (Å²) in [6.45, 7) is 4.57. The third-order valence-electron chi connectivity index (χ3n) is 4.34. The number of hydrazine groups is 1. The van der Waals surface area contributed by atoms with E-state index in [9.17, 15) is 0 Å². The molecule has 0 saturated carbocycles. The zero-order valence-corrected chi connectivity index (χ0v) is 15.2. The summed E-state index contributed by atoms with van der Waals surface area (Å²) in [6, 6.07) is 16.2. The molecule has 25 heavy (non-hydrogen) atoms. The van der Waals surface area contributed by atoms with Crippen LogP contribution < -0.4 is 15.6 Å². The molecule has 0 aliphatic heterocycles. The second kappa shape index (κ2) is 6.99. The Morgan fingerprint density at radius 2 is 1.88 bits per heavy atom. The van der Waals surface area contributed by atoms with Crippen molar-refractivity contribution in [3.63, 3.8) is 0 Å². The van der Waals surface area contributed by atoms with E-state index in [1.54, 1.807) is 5.01 Å². The van der Waals surface area contributed by atoms with Crippen LogP contribution in [-0.4, -0.2) is 16.8 Å². The van der Waals surface area contributed by atoms with Gasteiger partial charge in [0.2, 0.25) is 0 Å². The third kappa shape index (κ3) is 3.67. The molecule has 3 rings (SSSR count). The average molecular weight is 336 g/mol. The van der Waals surface area contributed by atoms with E-state index in [-0.39, 0.29) is 0 Å². The second-order valence-electron chi connectivity index (χ2n) is 6.30. The zero-order valence-electron chi connectivity index (χ0n) is 15.2. The molecule has 1 aromatic heterocycles. The van der Waals surface area contributed by atoms with Gasteiger partial charge in [-0.1, -0.05) is 18.2 Å². The van der Waals surface area contributed by atoms with Crippen LogP contribution in [0, 0.1) is 13.8 Å². The smallest absolute Gasteiger partial charge is 0.122 e. The van der Waals surface area contributed by atoms with Crippen molar-refractivity contribution in [3.05, 3.63) is 65.4 Å². The Kier molecular flexibility index (Phi) is 4.76. The standard InChI is InChI=1S/C20H24N4O/c1-14-11-16(18-12-15(2)24(4)22-18)9-10-20(14)25-13-17-7-5-6-8-19(17)23(3)21/h5-12H,13,21H2,1-4H3. The van der Waals surface area contributed by atoms with Gasteiger partial charge in [0.05, 0.1) is 11.4 Å². The molecule has 1 heterocycles. The number of ether oxygens (including phenoxy) is 1. The Morgan fingerprint density at radius 1 is 1.12 bits per heavy atom. The van der Waals surface area contributed by atoms with E-state index in [4.69, 9.17) is 10.6 Å². The van der Waals surface area contributed by atoms with E-state index < -0.39 is 0 Å². The van der Waals surface area contributed by atoms with Gasteiger partial charge in [-0.3, -0.25) is 4.68 Å². The number of rotatable bonds is 5. The van der Waals surface area contributed by atoms with Crippen LogP contribution in [0.3, 0.4) is 0 Å². The molecule has 2 N–H and O–H groups in total. The molecule has 5 heteroatoms. The molecule has 0 saturated heterocycles. The summed E-state index contributed by atoms with van der Waals surface area (Å²) in [5.74, 6) is 6.75. The van der Waals surface area contributed by atoms with Gasteiger partial charge in [0.1, 0.15) is 12.4 Å². The lowest BCUT2D eigenvalue weighted by Gasteiger charge is -2.17. The molecule has 0 unspecified atom stereocenters. The van der Waals surface area contributed by atoms with Gasteiger partial charge in [-0.25, -0.2) is 5.84 Å². The third-order valence-corrected chi connectivity index (χ3v) is 4.34. The van der Waals surface area contributed by atoms with Crippen LogP contribution in [-0.2, 0) is 13.7 Å². The molecule has 0 aliphatic rings. The number of aryl methyl sites for hydroxylation is 3. The van der Waals surface area contributed by atoms with Crippen molar-refractivity contribution in [2.24, 2.45) is 12.9 Å². The Balaban J connectivity index is 1.78. The van der Waals surface area contributed by atoms with Gasteiger partial charge in [-0.05, 0) is 49.7 Å². The number of hydrogen-bond acceptors (Lipinski definition) is 4. The van der Waals surface area contributed by atoms with Gasteiger partial charge in [-0.15, -0.1) is 0 Å². The molecule has 130 valence electrons. The van der Waals surface area contributed by atoms with Crippen molar-refractivity contribution in [2.45, 2.75) is 20.5 Å². The fourth-order valence-corrected chi connectivity index (χ4v) is 2.80. The summed E-state index contributed by atoms with van der Waals surface area (Å²) < 4.78 is 7.91. The van der Waals surface area contributed by atoms with Crippen molar-refractivity contribution in [1.82, 2.24) is 9.78 Å². The minimum atomic E-state index is 0.473. The molecule has 5 nitrogen and oxygen atoms in total. The molecule has 3 aromatic rings. The minimum absolute atomic E-state index is 0.473. The van der Waals surface area contributed by atoms with Crippen molar-refractivity contribution in [3.8, 4) is 17.0 Å². The van der Waals surface area contributed by atoms with Gasteiger partial charge >= 0.3 is 0 Å². The maximum atomic E-state index is 6.03. The predicted octanol–water partition coefficient (Wildman–Crippen LogP) is 3.59. The van der Waals surface area contributed by atoms with Crippen LogP contribution in [0.1, 0.15) is 16.8 Å². The Labute approximate surface area is 148 Å². The summed E-state index contributed by atoms with van der Waals surface area (Å²) in [5, 5.41) is 6.14. The lowest BCUT2D eigenvalue weighted by atomic mass is 10.1. The molecule has 0 bridgehead atoms. The van der Waals surface area contributed by atoms with Crippen LogP contribution in [0.5, 0.6) is 5.75 Å². The molecule has 0 amide bonds. The highest BCUT2D eigenvalue weighted by molar-refractivity contribution is 5.62. The van der Waals surface area contributed by atoms with Gasteiger partial charge in [-0.2, -0.15) is 5.10 Å². The topological polar surface area (TPSA) is 56.3 Å². The van der Waals surface area contributed by atoms with E-state index >= 15 is 0 Å². The second-order valence-corrected chi connectivity index (χ2v) is 6.30. The Hall–Kier alpha value is -2.79. The average Bonchev–Trinajstić information content (AvgIpc) is 2.93. The van der Waals surface area contributed by atoms with Crippen molar-refractivity contribution in [1.29, 1.82) is 0 Å². The number of para-hydroxylation sites is 1. The monoisotopic (exact) mass is 336 g/mol. The highest BCUT2D eigenvalue weighted by Gasteiger charge is 2.09. The molecule has 0 spiro atoms. The first-order valence-electron chi connectivity index (χ1n) is 8.26. The van der Waals surface area contributed by atoms with Gasteiger partial charge in [0.25, 0.3) is 0 Å². The molecule has 0 fully saturated rings. The fourth-order valence-electron chi connectivity index (χ4n) is 2.80. The maximum Gasteiger partial charge on any atom is 0.122 e. The van der Waals surface area contributed by atoms with E-state index in [1.807, 2.05) is 62.1 Å². The van der Waals surface area contributed by atoms with Crippen molar-refractivity contribution in [2.75, 3.05) is 12.1 Å². The van der Waals surface area contributed by atoms with Crippen LogP contribution in [0.15, 0.2) is 48.5 Å². The van der Waals surface area contributed by atoms with Gasteiger partial charge in [0, 0.05) is 30.9 Å². The summed E-state index contributed by atoms with van der Waals surface area (Å²) in [7, 11) is 3.78. The number of nitrogens with zero attached hydrogens (tertiary/aromatic N) is 3. The first kappa shape index (κ1) is 17.0. The minimum Gasteiger partial charge on any atom is -0.489 e. The van der Waals surface area contributed by atoms with Crippen LogP contribution >= 0.6 is 0 Å². The molecular weight excluding hydrogens is 312 g/mol. The number of benzene rings is 2. The van der Waals surface area contributed by atoms with Crippen LogP contribution in [0.2, 0.25) is 0 Å². The SMILES string of the molecule is Cc1cc(-c2cc(C)n(C)n2)ccc1OCc1ccccc1N(C)N. The summed E-state index contributed by atoms with van der Waals surface area (Å²) in [6.07, 6.45) is 0. The van der Waals surface area contributed by atoms with Crippen LogP contribution in [0.25, 0.3) is 11.3 Å². The number of hydrogen-bond donors (Lipinski definition) is 1. The molecule has 2 aromatic carbocycles. The predicted molar refractivity (Wildman–Crippen MR) is 101 cm³/mol. The highest BCUT2D eigenvalue weighted by atomic mass is 16.5. The maximum absolute atomic E-state index is 6.03. The first-order chi connectivity index (χ1) is 12.0. The van der Waals surface area contributed by atoms with Crippen LogP contribution in [0.4, 0.5) is 5.69 Å². The van der Waals surface area contributed by atoms with E-state index in [1.165, 1.54) is 0 Å². The summed E-state index contributed by atoms with van der Waals surface area (Å²) in [4.78, 5) is 0. The Bertz CT molecular complexity index is 864. The zero-order chi connectivity index (χ0) is 18.0. The summed E-state index contributed by atoms with van der Waals surface area (Å²) >= 11 is 0. The van der Waals surface area contributed by atoms with E-state index in [2.05, 4.69) is 24.2 Å². The number of aromatic nitrogens is 2. The lowest BCUT2D eigenvalue weighted by Crippen LogP contribution is -2.26. The first-order valence-corrected chi connectivity index (χ1v) is 8.26. The number of anilines is 1.